The van der Waals surface area contributed by atoms with Crippen LogP contribution >= 0.6 is 0 Å². The maximum Gasteiger partial charge on any atom is 0.243 e. The molecule has 5 nitrogen and oxygen atoms in total. The molecule has 2 heterocycles. The predicted octanol–water partition coefficient (Wildman–Crippen LogP) is 3.09. The van der Waals surface area contributed by atoms with Gasteiger partial charge in [0.15, 0.2) is 0 Å². The summed E-state index contributed by atoms with van der Waals surface area (Å²) in [6.07, 6.45) is 6.36. The summed E-state index contributed by atoms with van der Waals surface area (Å²) in [5, 5.41) is 3.78. The molecule has 0 radical (unpaired) electrons. The van der Waals surface area contributed by atoms with Crippen molar-refractivity contribution in [2.24, 2.45) is 5.92 Å². The molecule has 0 atom stereocenters. The minimum atomic E-state index is -0.227. The number of halogens is 1. The number of nitrogens with one attached hydrogen (secondary N) is 2. The molecule has 2 N–H and O–H groups in total. The highest BCUT2D eigenvalue weighted by atomic mass is 19.1. The van der Waals surface area contributed by atoms with Crippen LogP contribution in [0.15, 0.2) is 37.1 Å². The second-order valence-corrected chi connectivity index (χ2v) is 7.58. The number of piperidine rings is 1. The van der Waals surface area contributed by atoms with Crippen molar-refractivity contribution >= 4 is 22.7 Å². The number of amides is 2. The second kappa shape index (κ2) is 7.18. The minimum Gasteiger partial charge on any atom is -0.359 e. The van der Waals surface area contributed by atoms with Crippen molar-refractivity contribution in [3.63, 3.8) is 0 Å². The van der Waals surface area contributed by atoms with Crippen molar-refractivity contribution in [1.82, 2.24) is 15.2 Å². The summed E-state index contributed by atoms with van der Waals surface area (Å²) in [7, 11) is 0. The van der Waals surface area contributed by atoms with Gasteiger partial charge >= 0.3 is 0 Å². The summed E-state index contributed by atoms with van der Waals surface area (Å²) in [4.78, 5) is 29.0. The molecule has 2 fully saturated rings. The summed E-state index contributed by atoms with van der Waals surface area (Å²) in [6, 6.07) is 5.25. The van der Waals surface area contributed by atoms with Crippen LogP contribution in [0.5, 0.6) is 0 Å². The molecule has 4 rings (SSSR count). The number of aromatic nitrogens is 1. The van der Waals surface area contributed by atoms with Gasteiger partial charge in [-0.25, -0.2) is 4.39 Å². The fraction of sp³-hybridized carbons (Fsp3) is 0.429. The largest absolute Gasteiger partial charge is 0.359 e. The van der Waals surface area contributed by atoms with Gasteiger partial charge in [0.2, 0.25) is 11.8 Å². The molecule has 1 aliphatic heterocycles. The number of carbonyl (C=O) groups is 2. The molecule has 1 aliphatic carbocycles. The van der Waals surface area contributed by atoms with Gasteiger partial charge in [-0.3, -0.25) is 9.59 Å². The number of hydrogen-bond acceptors (Lipinski definition) is 2. The number of nitrogens with zero attached hydrogens (tertiary/aromatic N) is 1. The fourth-order valence-corrected chi connectivity index (χ4v) is 4.34. The van der Waals surface area contributed by atoms with Crippen LogP contribution in [0.3, 0.4) is 0 Å². The Bertz CT molecular complexity index is 877. The van der Waals surface area contributed by atoms with Crippen LogP contribution in [0.2, 0.25) is 0 Å². The number of carbonyl (C=O) groups excluding carboxylic acids is 2. The zero-order valence-electron chi connectivity index (χ0n) is 15.2. The Kier molecular flexibility index (Phi) is 4.72. The van der Waals surface area contributed by atoms with E-state index in [1.165, 1.54) is 12.1 Å². The normalized spacial score (nSPS) is 23.1. The van der Waals surface area contributed by atoms with Crippen molar-refractivity contribution in [2.75, 3.05) is 13.1 Å². The smallest absolute Gasteiger partial charge is 0.243 e. The minimum absolute atomic E-state index is 0.0128. The van der Waals surface area contributed by atoms with E-state index in [0.29, 0.717) is 24.3 Å². The molecular weight excluding hydrogens is 345 g/mol. The van der Waals surface area contributed by atoms with E-state index >= 15 is 0 Å². The Hall–Kier alpha value is -2.63. The van der Waals surface area contributed by atoms with Crippen LogP contribution in [-0.2, 0) is 9.59 Å². The van der Waals surface area contributed by atoms with Gasteiger partial charge in [-0.2, -0.15) is 0 Å². The maximum absolute atomic E-state index is 13.9. The van der Waals surface area contributed by atoms with Crippen LogP contribution in [0, 0.1) is 11.7 Å². The zero-order valence-corrected chi connectivity index (χ0v) is 15.2. The van der Waals surface area contributed by atoms with E-state index in [-0.39, 0.29) is 29.6 Å². The lowest BCUT2D eigenvalue weighted by Gasteiger charge is -2.40. The third-order valence-corrected chi connectivity index (χ3v) is 5.96. The molecule has 2 amide bonds. The fourth-order valence-electron chi connectivity index (χ4n) is 4.34. The molecule has 0 unspecified atom stereocenters. The van der Waals surface area contributed by atoms with Crippen molar-refractivity contribution in [2.45, 2.75) is 37.6 Å². The molecule has 2 aliphatic rings. The van der Waals surface area contributed by atoms with Gasteiger partial charge in [0.1, 0.15) is 5.82 Å². The lowest BCUT2D eigenvalue weighted by Crippen LogP contribution is -2.51. The Balaban J connectivity index is 1.33. The molecule has 1 saturated carbocycles. The Morgan fingerprint density at radius 1 is 1.26 bits per heavy atom. The van der Waals surface area contributed by atoms with E-state index in [1.54, 1.807) is 6.07 Å². The standard InChI is InChI=1S/C21H24FN3O2/c1-2-19(26)24-15-10-14(11-15)21(27)25-8-6-13(7-9-25)17-12-23-20-16(17)4-3-5-18(20)22/h2-5,12-15,23H,1,6-11H2,(H,24,26). The first kappa shape index (κ1) is 17.8. The maximum atomic E-state index is 13.9. The van der Waals surface area contributed by atoms with Crippen LogP contribution in [0.25, 0.3) is 10.9 Å². The summed E-state index contributed by atoms with van der Waals surface area (Å²) in [5.41, 5.74) is 1.71. The van der Waals surface area contributed by atoms with Gasteiger partial charge in [0, 0.05) is 36.6 Å². The van der Waals surface area contributed by atoms with Crippen LogP contribution in [0.1, 0.15) is 37.2 Å². The number of para-hydroxylation sites is 1. The average Bonchev–Trinajstić information content (AvgIpc) is 3.09. The van der Waals surface area contributed by atoms with E-state index in [0.717, 1.165) is 36.9 Å². The molecule has 27 heavy (non-hydrogen) atoms. The van der Waals surface area contributed by atoms with Gasteiger partial charge in [0.25, 0.3) is 0 Å². The molecule has 142 valence electrons. The Labute approximate surface area is 157 Å². The molecule has 1 aromatic heterocycles. The number of fused-ring (bicyclic) bond motifs is 1. The van der Waals surface area contributed by atoms with Crippen LogP contribution in [0.4, 0.5) is 4.39 Å². The third kappa shape index (κ3) is 3.36. The summed E-state index contributed by atoms with van der Waals surface area (Å²) in [5.74, 6) is 0.142. The Morgan fingerprint density at radius 3 is 2.70 bits per heavy atom. The third-order valence-electron chi connectivity index (χ3n) is 5.96. The average molecular weight is 369 g/mol. The second-order valence-electron chi connectivity index (χ2n) is 7.58. The van der Waals surface area contributed by atoms with E-state index < -0.39 is 0 Å². The van der Waals surface area contributed by atoms with E-state index in [1.807, 2.05) is 17.2 Å². The van der Waals surface area contributed by atoms with Crippen LogP contribution in [-0.4, -0.2) is 40.8 Å². The number of aromatic amines is 1. The highest BCUT2D eigenvalue weighted by Crippen LogP contribution is 2.36. The topological polar surface area (TPSA) is 65.2 Å². The number of rotatable bonds is 4. The zero-order chi connectivity index (χ0) is 19.0. The molecule has 0 bridgehead atoms. The number of H-pyrrole nitrogens is 1. The van der Waals surface area contributed by atoms with Crippen molar-refractivity contribution < 1.29 is 14.0 Å². The van der Waals surface area contributed by atoms with Gasteiger partial charge in [0.05, 0.1) is 5.52 Å². The SMILES string of the molecule is C=CC(=O)NC1CC(C(=O)N2CCC(c3c[nH]c4c(F)cccc34)CC2)C1. The Morgan fingerprint density at radius 2 is 2.00 bits per heavy atom. The van der Waals surface area contributed by atoms with Crippen molar-refractivity contribution in [3.8, 4) is 0 Å². The lowest BCUT2D eigenvalue weighted by molar-refractivity contribution is -0.140. The highest BCUT2D eigenvalue weighted by molar-refractivity contribution is 5.88. The predicted molar refractivity (Wildman–Crippen MR) is 102 cm³/mol. The van der Waals surface area contributed by atoms with Gasteiger partial charge in [-0.1, -0.05) is 18.7 Å². The number of benzene rings is 1. The number of likely N-dealkylation sites (tertiary alicyclic amines) is 1. The van der Waals surface area contributed by atoms with Crippen LogP contribution < -0.4 is 5.32 Å². The van der Waals surface area contributed by atoms with Gasteiger partial charge in [-0.15, -0.1) is 0 Å². The molecule has 1 saturated heterocycles. The number of hydrogen-bond donors (Lipinski definition) is 2. The monoisotopic (exact) mass is 369 g/mol. The van der Waals surface area contributed by atoms with E-state index in [4.69, 9.17) is 0 Å². The summed E-state index contributed by atoms with van der Waals surface area (Å²) < 4.78 is 13.9. The summed E-state index contributed by atoms with van der Waals surface area (Å²) >= 11 is 0. The molecule has 1 aromatic carbocycles. The first-order chi connectivity index (χ1) is 13.1. The van der Waals surface area contributed by atoms with E-state index in [9.17, 15) is 14.0 Å². The van der Waals surface area contributed by atoms with Gasteiger partial charge < -0.3 is 15.2 Å². The summed E-state index contributed by atoms with van der Waals surface area (Å²) in [6.45, 7) is 4.90. The van der Waals surface area contributed by atoms with Crippen molar-refractivity contribution in [1.29, 1.82) is 0 Å². The van der Waals surface area contributed by atoms with Gasteiger partial charge in [-0.05, 0) is 49.3 Å². The molecule has 6 heteroatoms. The quantitative estimate of drug-likeness (QED) is 0.814. The highest BCUT2D eigenvalue weighted by Gasteiger charge is 2.38. The first-order valence-corrected chi connectivity index (χ1v) is 9.54. The molecule has 2 aromatic rings. The lowest BCUT2D eigenvalue weighted by atomic mass is 9.78. The first-order valence-electron chi connectivity index (χ1n) is 9.54. The molecule has 0 spiro atoms. The molecular formula is C21H24FN3O2. The van der Waals surface area contributed by atoms with E-state index in [2.05, 4.69) is 16.9 Å². The van der Waals surface area contributed by atoms with Crippen molar-refractivity contribution in [3.05, 3.63) is 48.4 Å².